The molecular formula is C14H25N3O3. The monoisotopic (exact) mass is 283 g/mol. The summed E-state index contributed by atoms with van der Waals surface area (Å²) in [6.07, 6.45) is 3.19. The molecule has 0 aliphatic carbocycles. The predicted molar refractivity (Wildman–Crippen MR) is 75.1 cm³/mol. The van der Waals surface area contributed by atoms with E-state index in [-0.39, 0.29) is 31.0 Å². The van der Waals surface area contributed by atoms with E-state index in [1.54, 1.807) is 4.90 Å². The fourth-order valence-electron chi connectivity index (χ4n) is 2.93. The summed E-state index contributed by atoms with van der Waals surface area (Å²) < 4.78 is 0. The first kappa shape index (κ1) is 15.3. The van der Waals surface area contributed by atoms with Gasteiger partial charge in [0, 0.05) is 45.2 Å². The van der Waals surface area contributed by atoms with Crippen LogP contribution in [0.3, 0.4) is 0 Å². The molecule has 6 nitrogen and oxygen atoms in total. The predicted octanol–water partition coefficient (Wildman–Crippen LogP) is -0.476. The van der Waals surface area contributed by atoms with Gasteiger partial charge >= 0.3 is 0 Å². The number of hydrogen-bond acceptors (Lipinski definition) is 4. The Morgan fingerprint density at radius 1 is 1.30 bits per heavy atom. The van der Waals surface area contributed by atoms with Crippen LogP contribution in [0.4, 0.5) is 0 Å². The van der Waals surface area contributed by atoms with E-state index in [4.69, 9.17) is 5.11 Å². The number of rotatable bonds is 4. The maximum Gasteiger partial charge on any atom is 0.242 e. The largest absolute Gasteiger partial charge is 0.396 e. The van der Waals surface area contributed by atoms with Gasteiger partial charge in [-0.3, -0.25) is 14.5 Å². The molecule has 2 saturated heterocycles. The van der Waals surface area contributed by atoms with E-state index in [1.807, 2.05) is 11.9 Å². The molecule has 0 aromatic rings. The molecule has 2 rings (SSSR count). The van der Waals surface area contributed by atoms with Crippen LogP contribution in [0.15, 0.2) is 0 Å². The van der Waals surface area contributed by atoms with Crippen LogP contribution in [0.2, 0.25) is 0 Å². The molecular weight excluding hydrogens is 258 g/mol. The van der Waals surface area contributed by atoms with Crippen LogP contribution in [0.5, 0.6) is 0 Å². The maximum absolute atomic E-state index is 12.3. The van der Waals surface area contributed by atoms with Gasteiger partial charge in [-0.1, -0.05) is 0 Å². The molecule has 2 amide bonds. The topological polar surface area (TPSA) is 64.1 Å². The first-order valence-electron chi connectivity index (χ1n) is 7.48. The van der Waals surface area contributed by atoms with Crippen molar-refractivity contribution in [1.29, 1.82) is 0 Å². The van der Waals surface area contributed by atoms with E-state index in [0.29, 0.717) is 32.5 Å². The second-order valence-electron chi connectivity index (χ2n) is 5.76. The van der Waals surface area contributed by atoms with Crippen molar-refractivity contribution < 1.29 is 14.7 Å². The molecule has 2 heterocycles. The molecule has 0 aromatic heterocycles. The summed E-state index contributed by atoms with van der Waals surface area (Å²) in [7, 11) is 2.02. The first-order valence-corrected chi connectivity index (χ1v) is 7.48. The average Bonchev–Trinajstić information content (AvgIpc) is 2.44. The van der Waals surface area contributed by atoms with Gasteiger partial charge < -0.3 is 14.9 Å². The van der Waals surface area contributed by atoms with Crippen molar-refractivity contribution in [3.8, 4) is 0 Å². The summed E-state index contributed by atoms with van der Waals surface area (Å²) in [5.74, 6) is 0.141. The Morgan fingerprint density at radius 3 is 2.80 bits per heavy atom. The zero-order chi connectivity index (χ0) is 14.5. The van der Waals surface area contributed by atoms with Gasteiger partial charge in [0.25, 0.3) is 0 Å². The molecule has 0 bridgehead atoms. The van der Waals surface area contributed by atoms with Crippen molar-refractivity contribution in [2.45, 2.75) is 31.7 Å². The number of nitrogens with zero attached hydrogens (tertiary/aromatic N) is 3. The highest BCUT2D eigenvalue weighted by Gasteiger charge is 2.29. The van der Waals surface area contributed by atoms with Crippen LogP contribution in [-0.2, 0) is 9.59 Å². The number of aliphatic hydroxyl groups is 1. The Labute approximate surface area is 120 Å². The van der Waals surface area contributed by atoms with Gasteiger partial charge in [0.05, 0.1) is 6.54 Å². The van der Waals surface area contributed by atoms with Gasteiger partial charge in [-0.05, 0) is 26.3 Å². The molecule has 114 valence electrons. The normalized spacial score (nSPS) is 25.1. The number of carbonyl (C=O) groups excluding carboxylic acids is 2. The van der Waals surface area contributed by atoms with Crippen molar-refractivity contribution in [3.63, 3.8) is 0 Å². The molecule has 2 fully saturated rings. The fourth-order valence-corrected chi connectivity index (χ4v) is 2.93. The van der Waals surface area contributed by atoms with E-state index in [2.05, 4.69) is 4.90 Å². The number of piperazine rings is 1. The van der Waals surface area contributed by atoms with Crippen molar-refractivity contribution in [2.75, 3.05) is 46.4 Å². The van der Waals surface area contributed by atoms with Crippen LogP contribution >= 0.6 is 0 Å². The number of carbonyl (C=O) groups is 2. The number of likely N-dealkylation sites (tertiary alicyclic amines) is 1. The Balaban J connectivity index is 1.87. The average molecular weight is 283 g/mol. The highest BCUT2D eigenvalue weighted by molar-refractivity contribution is 5.85. The number of hydrogen-bond donors (Lipinski definition) is 1. The SMILES string of the molecule is CN1CCN(C(=O)CN2CCCCC2=O)CC1CCO. The molecule has 1 atom stereocenters. The third-order valence-electron chi connectivity index (χ3n) is 4.34. The minimum absolute atomic E-state index is 0.0382. The lowest BCUT2D eigenvalue weighted by molar-refractivity contribution is -0.143. The van der Waals surface area contributed by atoms with Crippen molar-refractivity contribution in [1.82, 2.24) is 14.7 Å². The number of amides is 2. The Morgan fingerprint density at radius 2 is 2.10 bits per heavy atom. The molecule has 0 radical (unpaired) electrons. The van der Waals surface area contributed by atoms with Gasteiger partial charge in [0.1, 0.15) is 0 Å². The third-order valence-corrected chi connectivity index (χ3v) is 4.34. The molecule has 2 aliphatic heterocycles. The molecule has 20 heavy (non-hydrogen) atoms. The Kier molecular flexibility index (Phi) is 5.37. The summed E-state index contributed by atoms with van der Waals surface area (Å²) in [5.41, 5.74) is 0. The minimum Gasteiger partial charge on any atom is -0.396 e. The zero-order valence-corrected chi connectivity index (χ0v) is 12.3. The smallest absolute Gasteiger partial charge is 0.242 e. The second-order valence-corrected chi connectivity index (χ2v) is 5.76. The number of piperidine rings is 1. The lowest BCUT2D eigenvalue weighted by Gasteiger charge is -2.40. The quantitative estimate of drug-likeness (QED) is 0.757. The van der Waals surface area contributed by atoms with Crippen molar-refractivity contribution >= 4 is 11.8 Å². The molecule has 0 spiro atoms. The summed E-state index contributed by atoms with van der Waals surface area (Å²) in [6, 6.07) is 0.217. The van der Waals surface area contributed by atoms with E-state index in [9.17, 15) is 9.59 Å². The summed E-state index contributed by atoms with van der Waals surface area (Å²) >= 11 is 0. The molecule has 2 aliphatic rings. The standard InChI is InChI=1S/C14H25N3O3/c1-15-7-8-17(10-12(15)5-9-18)14(20)11-16-6-3-2-4-13(16)19/h12,18H,2-11H2,1H3. The van der Waals surface area contributed by atoms with Gasteiger partial charge in [0.15, 0.2) is 0 Å². The summed E-state index contributed by atoms with van der Waals surface area (Å²) in [4.78, 5) is 29.8. The van der Waals surface area contributed by atoms with Crippen LogP contribution in [0, 0.1) is 0 Å². The van der Waals surface area contributed by atoms with Gasteiger partial charge in [-0.15, -0.1) is 0 Å². The van der Waals surface area contributed by atoms with Crippen LogP contribution in [0.25, 0.3) is 0 Å². The van der Waals surface area contributed by atoms with Crippen LogP contribution in [0.1, 0.15) is 25.7 Å². The second kappa shape index (κ2) is 7.04. The van der Waals surface area contributed by atoms with E-state index < -0.39 is 0 Å². The lowest BCUT2D eigenvalue weighted by Crippen LogP contribution is -2.55. The highest BCUT2D eigenvalue weighted by atomic mass is 16.3. The molecule has 0 saturated carbocycles. The third kappa shape index (κ3) is 3.70. The fraction of sp³-hybridized carbons (Fsp3) is 0.857. The van der Waals surface area contributed by atoms with Crippen molar-refractivity contribution in [2.24, 2.45) is 0 Å². The highest BCUT2D eigenvalue weighted by Crippen LogP contribution is 2.14. The van der Waals surface area contributed by atoms with Gasteiger partial charge in [-0.25, -0.2) is 0 Å². The molecule has 6 heteroatoms. The zero-order valence-electron chi connectivity index (χ0n) is 12.3. The number of likely N-dealkylation sites (N-methyl/N-ethyl adjacent to an activating group) is 1. The summed E-state index contributed by atoms with van der Waals surface area (Å²) in [5, 5.41) is 9.07. The summed E-state index contributed by atoms with van der Waals surface area (Å²) in [6.45, 7) is 3.25. The maximum atomic E-state index is 12.3. The van der Waals surface area contributed by atoms with Crippen molar-refractivity contribution in [3.05, 3.63) is 0 Å². The van der Waals surface area contributed by atoms with E-state index >= 15 is 0 Å². The van der Waals surface area contributed by atoms with Crippen LogP contribution in [-0.4, -0.2) is 84.0 Å². The first-order chi connectivity index (χ1) is 9.61. The van der Waals surface area contributed by atoms with Gasteiger partial charge in [0.2, 0.25) is 11.8 Å². The van der Waals surface area contributed by atoms with Gasteiger partial charge in [-0.2, -0.15) is 0 Å². The molecule has 1 N–H and O–H groups in total. The Bertz CT molecular complexity index is 362. The number of aliphatic hydroxyl groups excluding tert-OH is 1. The van der Waals surface area contributed by atoms with E-state index in [0.717, 1.165) is 19.4 Å². The lowest BCUT2D eigenvalue weighted by atomic mass is 10.1. The molecule has 0 aromatic carbocycles. The minimum atomic E-state index is 0.0382. The Hall–Kier alpha value is -1.14. The van der Waals surface area contributed by atoms with Crippen LogP contribution < -0.4 is 0 Å². The molecule has 1 unspecified atom stereocenters. The van der Waals surface area contributed by atoms with E-state index in [1.165, 1.54) is 0 Å².